The number of hydrogen-bond acceptors (Lipinski definition) is 4. The first-order chi connectivity index (χ1) is 11.6. The monoisotopic (exact) mass is 323 g/mol. The highest BCUT2D eigenvalue weighted by atomic mass is 16.2. The highest BCUT2D eigenvalue weighted by Crippen LogP contribution is 2.20. The molecule has 1 aromatic carbocycles. The molecule has 0 fully saturated rings. The van der Waals surface area contributed by atoms with E-state index < -0.39 is 11.5 Å². The number of nitrogens with one attached hydrogen (secondary N) is 4. The minimum Gasteiger partial charge on any atom is -0.352 e. The average molecular weight is 323 g/mol. The van der Waals surface area contributed by atoms with Crippen LogP contribution in [0.15, 0.2) is 35.5 Å². The van der Waals surface area contributed by atoms with Crippen molar-refractivity contribution in [2.75, 3.05) is 11.9 Å². The molecule has 0 aliphatic carbocycles. The molecule has 8 heteroatoms. The molecular weight excluding hydrogens is 310 g/mol. The standard InChI is InChI=1S/C16H13N5O3/c22-14-10-5-9(2-1-8(10)3-4-17-14)21-15(23)11-6-18-13-12(11)16(24)20-7-19-13/h1-2,5-7H,3-4H2,(H,17,22)(H,21,23)(H2,18,19,20,24). The van der Waals surface area contributed by atoms with Crippen LogP contribution in [0.3, 0.4) is 0 Å². The minimum atomic E-state index is -0.448. The Morgan fingerprint density at radius 2 is 2.08 bits per heavy atom. The van der Waals surface area contributed by atoms with E-state index in [1.165, 1.54) is 12.5 Å². The van der Waals surface area contributed by atoms with Gasteiger partial charge in [0.1, 0.15) is 5.65 Å². The summed E-state index contributed by atoms with van der Waals surface area (Å²) in [5.74, 6) is -0.601. The fraction of sp³-hybridized carbons (Fsp3) is 0.125. The lowest BCUT2D eigenvalue weighted by Gasteiger charge is -2.17. The van der Waals surface area contributed by atoms with Gasteiger partial charge < -0.3 is 20.6 Å². The van der Waals surface area contributed by atoms with Gasteiger partial charge in [-0.25, -0.2) is 4.98 Å². The van der Waals surface area contributed by atoms with Gasteiger partial charge in [-0.15, -0.1) is 0 Å². The van der Waals surface area contributed by atoms with Crippen molar-refractivity contribution >= 4 is 28.5 Å². The molecule has 120 valence electrons. The van der Waals surface area contributed by atoms with Gasteiger partial charge in [-0.3, -0.25) is 14.4 Å². The summed E-state index contributed by atoms with van der Waals surface area (Å²) in [6.45, 7) is 0.614. The van der Waals surface area contributed by atoms with E-state index in [0.29, 0.717) is 23.4 Å². The summed E-state index contributed by atoms with van der Waals surface area (Å²) >= 11 is 0. The molecule has 0 radical (unpaired) electrons. The van der Waals surface area contributed by atoms with Crippen LogP contribution in [-0.4, -0.2) is 33.3 Å². The molecule has 0 atom stereocenters. The molecule has 2 aromatic heterocycles. The van der Waals surface area contributed by atoms with E-state index in [9.17, 15) is 14.4 Å². The van der Waals surface area contributed by atoms with Gasteiger partial charge in [-0.2, -0.15) is 0 Å². The number of benzene rings is 1. The van der Waals surface area contributed by atoms with E-state index in [-0.39, 0.29) is 16.9 Å². The van der Waals surface area contributed by atoms with E-state index in [2.05, 4.69) is 25.6 Å². The Bertz CT molecular complexity index is 1030. The van der Waals surface area contributed by atoms with Crippen molar-refractivity contribution in [2.45, 2.75) is 6.42 Å². The largest absolute Gasteiger partial charge is 0.352 e. The van der Waals surface area contributed by atoms with Gasteiger partial charge in [-0.1, -0.05) is 6.07 Å². The molecule has 3 aromatic rings. The number of aromatic amines is 2. The van der Waals surface area contributed by atoms with Crippen molar-refractivity contribution in [3.63, 3.8) is 0 Å². The average Bonchev–Trinajstić information content (AvgIpc) is 3.01. The number of anilines is 1. The van der Waals surface area contributed by atoms with Crippen LogP contribution in [0.2, 0.25) is 0 Å². The minimum absolute atomic E-state index is 0.153. The first-order valence-electron chi connectivity index (χ1n) is 7.41. The van der Waals surface area contributed by atoms with Crippen LogP contribution < -0.4 is 16.2 Å². The number of carbonyl (C=O) groups excluding carboxylic acids is 2. The van der Waals surface area contributed by atoms with Gasteiger partial charge in [-0.05, 0) is 24.1 Å². The van der Waals surface area contributed by atoms with Crippen molar-refractivity contribution in [3.05, 3.63) is 57.8 Å². The molecule has 0 saturated heterocycles. The predicted octanol–water partition coefficient (Wildman–Crippen LogP) is 0.789. The SMILES string of the molecule is O=C1NCCc2ccc(NC(=O)c3c[nH]c4nc[nH]c(=O)c34)cc21. The molecule has 1 aliphatic rings. The van der Waals surface area contributed by atoms with Crippen molar-refractivity contribution in [2.24, 2.45) is 0 Å². The fourth-order valence-corrected chi connectivity index (χ4v) is 2.84. The molecule has 24 heavy (non-hydrogen) atoms. The molecule has 4 rings (SSSR count). The molecule has 4 N–H and O–H groups in total. The van der Waals surface area contributed by atoms with Crippen molar-refractivity contribution in [3.8, 4) is 0 Å². The number of nitrogens with zero attached hydrogens (tertiary/aromatic N) is 1. The van der Waals surface area contributed by atoms with Crippen LogP contribution >= 0.6 is 0 Å². The molecule has 3 heterocycles. The van der Waals surface area contributed by atoms with Crippen LogP contribution in [0.1, 0.15) is 26.3 Å². The number of fused-ring (bicyclic) bond motifs is 2. The van der Waals surface area contributed by atoms with E-state index >= 15 is 0 Å². The van der Waals surface area contributed by atoms with Gasteiger partial charge in [0.2, 0.25) is 0 Å². The Hall–Kier alpha value is -3.42. The molecule has 8 nitrogen and oxygen atoms in total. The fourth-order valence-electron chi connectivity index (χ4n) is 2.84. The lowest BCUT2D eigenvalue weighted by atomic mass is 10.00. The topological polar surface area (TPSA) is 120 Å². The van der Waals surface area contributed by atoms with Crippen LogP contribution in [0.5, 0.6) is 0 Å². The molecule has 2 amide bonds. The van der Waals surface area contributed by atoms with Crippen LogP contribution in [-0.2, 0) is 6.42 Å². The van der Waals surface area contributed by atoms with Gasteiger partial charge in [0.05, 0.1) is 17.3 Å². The first-order valence-corrected chi connectivity index (χ1v) is 7.41. The summed E-state index contributed by atoms with van der Waals surface area (Å²) < 4.78 is 0. The Morgan fingerprint density at radius 3 is 2.96 bits per heavy atom. The number of carbonyl (C=O) groups is 2. The van der Waals surface area contributed by atoms with Gasteiger partial charge >= 0.3 is 0 Å². The molecular formula is C16H13N5O3. The van der Waals surface area contributed by atoms with E-state index in [4.69, 9.17) is 0 Å². The Kier molecular flexibility index (Phi) is 3.16. The summed E-state index contributed by atoms with van der Waals surface area (Å²) in [6.07, 6.45) is 3.47. The van der Waals surface area contributed by atoms with Crippen molar-refractivity contribution in [1.82, 2.24) is 20.3 Å². The number of aromatic nitrogens is 3. The second kappa shape index (κ2) is 5.34. The van der Waals surface area contributed by atoms with Gasteiger partial charge in [0.15, 0.2) is 0 Å². The van der Waals surface area contributed by atoms with E-state index in [0.717, 1.165) is 12.0 Å². The zero-order valence-corrected chi connectivity index (χ0v) is 12.5. The zero-order chi connectivity index (χ0) is 16.7. The smallest absolute Gasteiger partial charge is 0.261 e. The zero-order valence-electron chi connectivity index (χ0n) is 12.5. The third-order valence-electron chi connectivity index (χ3n) is 4.01. The lowest BCUT2D eigenvalue weighted by Crippen LogP contribution is -2.31. The maximum absolute atomic E-state index is 12.5. The number of rotatable bonds is 2. The lowest BCUT2D eigenvalue weighted by molar-refractivity contribution is 0.0944. The maximum atomic E-state index is 12.5. The second-order valence-corrected chi connectivity index (χ2v) is 5.49. The van der Waals surface area contributed by atoms with Gasteiger partial charge in [0, 0.05) is 24.0 Å². The summed E-state index contributed by atoms with van der Waals surface area (Å²) in [7, 11) is 0. The summed E-state index contributed by atoms with van der Waals surface area (Å²) in [4.78, 5) is 45.5. The van der Waals surface area contributed by atoms with Crippen LogP contribution in [0.4, 0.5) is 5.69 Å². The van der Waals surface area contributed by atoms with E-state index in [1.54, 1.807) is 12.1 Å². The highest BCUT2D eigenvalue weighted by Gasteiger charge is 2.19. The van der Waals surface area contributed by atoms with Crippen LogP contribution in [0.25, 0.3) is 11.0 Å². The van der Waals surface area contributed by atoms with Crippen molar-refractivity contribution in [1.29, 1.82) is 0 Å². The Balaban J connectivity index is 1.68. The Morgan fingerprint density at radius 1 is 1.21 bits per heavy atom. The number of hydrogen-bond donors (Lipinski definition) is 4. The quantitative estimate of drug-likeness (QED) is 0.557. The third kappa shape index (κ3) is 2.24. The Labute approximate surface area is 135 Å². The van der Waals surface area contributed by atoms with Gasteiger partial charge in [0.25, 0.3) is 17.4 Å². The molecule has 0 unspecified atom stereocenters. The molecule has 0 saturated carbocycles. The number of amides is 2. The third-order valence-corrected chi connectivity index (χ3v) is 4.01. The highest BCUT2D eigenvalue weighted by molar-refractivity contribution is 6.12. The second-order valence-electron chi connectivity index (χ2n) is 5.49. The predicted molar refractivity (Wildman–Crippen MR) is 87.1 cm³/mol. The summed E-state index contributed by atoms with van der Waals surface area (Å²) in [6, 6.07) is 5.21. The summed E-state index contributed by atoms with van der Waals surface area (Å²) in [5, 5.41) is 5.68. The van der Waals surface area contributed by atoms with E-state index in [1.807, 2.05) is 6.07 Å². The molecule has 0 spiro atoms. The molecule has 1 aliphatic heterocycles. The summed E-state index contributed by atoms with van der Waals surface area (Å²) in [5.41, 5.74) is 2.14. The number of H-pyrrole nitrogens is 2. The first kappa shape index (κ1) is 14.2. The van der Waals surface area contributed by atoms with Crippen LogP contribution in [0, 0.1) is 0 Å². The molecule has 0 bridgehead atoms. The maximum Gasteiger partial charge on any atom is 0.261 e. The normalized spacial score (nSPS) is 13.4. The van der Waals surface area contributed by atoms with Crippen molar-refractivity contribution < 1.29 is 9.59 Å².